The Bertz CT molecular complexity index is 809. The molecular formula is C20H21N3O2. The third-order valence-electron chi connectivity index (χ3n) is 3.92. The monoisotopic (exact) mass is 335 g/mol. The predicted molar refractivity (Wildman–Crippen MR) is 98.6 cm³/mol. The second-order valence-corrected chi connectivity index (χ2v) is 5.56. The topological polar surface area (TPSA) is 58.5 Å². The molecule has 0 saturated carbocycles. The van der Waals surface area contributed by atoms with Crippen LogP contribution in [-0.2, 0) is 6.54 Å². The first kappa shape index (κ1) is 16.9. The van der Waals surface area contributed by atoms with Crippen molar-refractivity contribution in [2.24, 2.45) is 0 Å². The fourth-order valence-corrected chi connectivity index (χ4v) is 2.69. The first-order chi connectivity index (χ1) is 12.3. The van der Waals surface area contributed by atoms with Gasteiger partial charge in [0.15, 0.2) is 5.82 Å². The molecular weight excluding hydrogens is 314 g/mol. The molecule has 0 amide bonds. The molecule has 2 aromatic carbocycles. The highest BCUT2D eigenvalue weighted by atomic mass is 16.5. The van der Waals surface area contributed by atoms with Crippen LogP contribution in [0.5, 0.6) is 5.75 Å². The molecule has 0 bridgehead atoms. The number of anilines is 1. The highest BCUT2D eigenvalue weighted by Crippen LogP contribution is 2.23. The van der Waals surface area contributed by atoms with E-state index in [0.717, 1.165) is 22.7 Å². The minimum Gasteiger partial charge on any atom is -0.496 e. The SMILES string of the molecule is COc1ccccc1CN(CCO)c1ccnc(-c2ccccc2)n1. The molecule has 0 unspecified atom stereocenters. The molecule has 0 aliphatic carbocycles. The molecule has 128 valence electrons. The lowest BCUT2D eigenvalue weighted by molar-refractivity contribution is 0.301. The Morgan fingerprint density at radius 3 is 2.52 bits per heavy atom. The maximum atomic E-state index is 9.47. The number of methoxy groups -OCH3 is 1. The third kappa shape index (κ3) is 4.14. The minimum absolute atomic E-state index is 0.0415. The van der Waals surface area contributed by atoms with Crippen LogP contribution < -0.4 is 9.64 Å². The molecule has 25 heavy (non-hydrogen) atoms. The number of aliphatic hydroxyl groups excluding tert-OH is 1. The highest BCUT2D eigenvalue weighted by Gasteiger charge is 2.13. The maximum Gasteiger partial charge on any atom is 0.161 e. The number of benzene rings is 2. The minimum atomic E-state index is 0.0415. The van der Waals surface area contributed by atoms with Gasteiger partial charge in [0.1, 0.15) is 11.6 Å². The van der Waals surface area contributed by atoms with Gasteiger partial charge in [-0.05, 0) is 12.1 Å². The van der Waals surface area contributed by atoms with Gasteiger partial charge in [0.25, 0.3) is 0 Å². The summed E-state index contributed by atoms with van der Waals surface area (Å²) in [5.41, 5.74) is 2.00. The fourth-order valence-electron chi connectivity index (χ4n) is 2.69. The van der Waals surface area contributed by atoms with Crippen molar-refractivity contribution in [3.63, 3.8) is 0 Å². The summed E-state index contributed by atoms with van der Waals surface area (Å²) in [5, 5.41) is 9.47. The second-order valence-electron chi connectivity index (χ2n) is 5.56. The predicted octanol–water partition coefficient (Wildman–Crippen LogP) is 3.15. The molecule has 0 aliphatic rings. The third-order valence-corrected chi connectivity index (χ3v) is 3.92. The van der Waals surface area contributed by atoms with Crippen LogP contribution in [0.3, 0.4) is 0 Å². The summed E-state index contributed by atoms with van der Waals surface area (Å²) < 4.78 is 5.43. The summed E-state index contributed by atoms with van der Waals surface area (Å²) in [4.78, 5) is 11.1. The number of hydrogen-bond acceptors (Lipinski definition) is 5. The molecule has 3 rings (SSSR count). The van der Waals surface area contributed by atoms with E-state index in [1.54, 1.807) is 13.3 Å². The van der Waals surface area contributed by atoms with Crippen LogP contribution in [0.1, 0.15) is 5.56 Å². The lowest BCUT2D eigenvalue weighted by atomic mass is 10.2. The van der Waals surface area contributed by atoms with E-state index in [-0.39, 0.29) is 6.61 Å². The van der Waals surface area contributed by atoms with Crippen LogP contribution >= 0.6 is 0 Å². The number of ether oxygens (including phenoxy) is 1. The van der Waals surface area contributed by atoms with Gasteiger partial charge >= 0.3 is 0 Å². The van der Waals surface area contributed by atoms with E-state index < -0.39 is 0 Å². The number of hydrogen-bond donors (Lipinski definition) is 1. The summed E-state index contributed by atoms with van der Waals surface area (Å²) in [7, 11) is 1.66. The van der Waals surface area contributed by atoms with Crippen LogP contribution in [0.25, 0.3) is 11.4 Å². The molecule has 1 aromatic heterocycles. The normalized spacial score (nSPS) is 10.5. The quantitative estimate of drug-likeness (QED) is 0.719. The van der Waals surface area contributed by atoms with Crippen molar-refractivity contribution in [3.05, 3.63) is 72.4 Å². The summed E-state index contributed by atoms with van der Waals surface area (Å²) in [6, 6.07) is 19.6. The van der Waals surface area contributed by atoms with Gasteiger partial charge in [-0.3, -0.25) is 0 Å². The summed E-state index contributed by atoms with van der Waals surface area (Å²) in [6.07, 6.45) is 1.75. The maximum absolute atomic E-state index is 9.47. The highest BCUT2D eigenvalue weighted by molar-refractivity contribution is 5.57. The Balaban J connectivity index is 1.90. The van der Waals surface area contributed by atoms with E-state index in [2.05, 4.69) is 9.97 Å². The molecule has 1 heterocycles. The Morgan fingerprint density at radius 1 is 1.00 bits per heavy atom. The largest absolute Gasteiger partial charge is 0.496 e. The van der Waals surface area contributed by atoms with E-state index in [0.29, 0.717) is 18.9 Å². The molecule has 0 radical (unpaired) electrons. The molecule has 1 N–H and O–H groups in total. The van der Waals surface area contributed by atoms with Crippen molar-refractivity contribution in [2.75, 3.05) is 25.2 Å². The van der Waals surface area contributed by atoms with Crippen molar-refractivity contribution in [1.29, 1.82) is 0 Å². The summed E-state index contributed by atoms with van der Waals surface area (Å²) in [5.74, 6) is 2.26. The van der Waals surface area contributed by atoms with Crippen molar-refractivity contribution in [1.82, 2.24) is 9.97 Å². The van der Waals surface area contributed by atoms with E-state index in [4.69, 9.17) is 4.74 Å². The Kier molecular flexibility index (Phi) is 5.59. The van der Waals surface area contributed by atoms with E-state index in [1.165, 1.54) is 0 Å². The Morgan fingerprint density at radius 2 is 1.76 bits per heavy atom. The number of aliphatic hydroxyl groups is 1. The van der Waals surface area contributed by atoms with Gasteiger partial charge in [0.2, 0.25) is 0 Å². The van der Waals surface area contributed by atoms with Crippen LogP contribution in [0, 0.1) is 0 Å². The van der Waals surface area contributed by atoms with Crippen molar-refractivity contribution in [2.45, 2.75) is 6.54 Å². The zero-order valence-electron chi connectivity index (χ0n) is 14.2. The lowest BCUT2D eigenvalue weighted by Gasteiger charge is -2.24. The van der Waals surface area contributed by atoms with Gasteiger partial charge in [0, 0.05) is 30.4 Å². The standard InChI is InChI=1S/C20H21N3O2/c1-25-18-10-6-5-9-17(18)15-23(13-14-24)19-11-12-21-20(22-19)16-7-3-2-4-8-16/h2-12,24H,13-15H2,1H3. The smallest absolute Gasteiger partial charge is 0.161 e. The van der Waals surface area contributed by atoms with Crippen molar-refractivity contribution in [3.8, 4) is 17.1 Å². The number of aromatic nitrogens is 2. The van der Waals surface area contributed by atoms with Gasteiger partial charge in [0.05, 0.1) is 13.7 Å². The summed E-state index contributed by atoms with van der Waals surface area (Å²) in [6.45, 7) is 1.11. The number of nitrogens with zero attached hydrogens (tertiary/aromatic N) is 3. The molecule has 0 atom stereocenters. The molecule has 0 aliphatic heterocycles. The van der Waals surface area contributed by atoms with Gasteiger partial charge in [-0.1, -0.05) is 48.5 Å². The molecule has 0 spiro atoms. The Hall–Kier alpha value is -2.92. The molecule has 0 fully saturated rings. The van der Waals surface area contributed by atoms with E-state index in [1.807, 2.05) is 65.6 Å². The van der Waals surface area contributed by atoms with Gasteiger partial charge in [-0.25, -0.2) is 9.97 Å². The van der Waals surface area contributed by atoms with E-state index >= 15 is 0 Å². The van der Waals surface area contributed by atoms with Crippen LogP contribution in [0.2, 0.25) is 0 Å². The Labute approximate surface area is 147 Å². The molecule has 3 aromatic rings. The zero-order valence-corrected chi connectivity index (χ0v) is 14.2. The fraction of sp³-hybridized carbons (Fsp3) is 0.200. The first-order valence-corrected chi connectivity index (χ1v) is 8.18. The van der Waals surface area contributed by atoms with E-state index in [9.17, 15) is 5.11 Å². The average molecular weight is 335 g/mol. The second kappa shape index (κ2) is 8.26. The lowest BCUT2D eigenvalue weighted by Crippen LogP contribution is -2.27. The van der Waals surface area contributed by atoms with Crippen LogP contribution in [-0.4, -0.2) is 35.3 Å². The van der Waals surface area contributed by atoms with Gasteiger partial charge in [-0.2, -0.15) is 0 Å². The molecule has 5 heteroatoms. The van der Waals surface area contributed by atoms with Crippen molar-refractivity contribution < 1.29 is 9.84 Å². The van der Waals surface area contributed by atoms with Gasteiger partial charge < -0.3 is 14.7 Å². The zero-order chi connectivity index (χ0) is 17.5. The van der Waals surface area contributed by atoms with Crippen molar-refractivity contribution >= 4 is 5.82 Å². The molecule has 0 saturated heterocycles. The summed E-state index contributed by atoms with van der Waals surface area (Å²) >= 11 is 0. The number of rotatable bonds is 7. The first-order valence-electron chi connectivity index (χ1n) is 8.18. The number of para-hydroxylation sites is 1. The van der Waals surface area contributed by atoms with Gasteiger partial charge in [-0.15, -0.1) is 0 Å². The van der Waals surface area contributed by atoms with Crippen LogP contribution in [0.15, 0.2) is 66.9 Å². The average Bonchev–Trinajstić information content (AvgIpc) is 2.69. The molecule has 5 nitrogen and oxygen atoms in total. The van der Waals surface area contributed by atoms with Crippen LogP contribution in [0.4, 0.5) is 5.82 Å².